The maximum atomic E-state index is 12.1. The number of aromatic amines is 1. The van der Waals surface area contributed by atoms with Crippen molar-refractivity contribution >= 4 is 64.1 Å². The normalized spacial score (nSPS) is 11.6. The predicted octanol–water partition coefficient (Wildman–Crippen LogP) is 6.13. The minimum Gasteiger partial charge on any atom is -0.493 e. The molecule has 2 aromatic carbocycles. The van der Waals surface area contributed by atoms with Crippen molar-refractivity contribution in [1.82, 2.24) is 19.9 Å². The van der Waals surface area contributed by atoms with E-state index in [1.165, 1.54) is 18.5 Å². The van der Waals surface area contributed by atoms with E-state index in [-0.39, 0.29) is 5.78 Å². The number of carbonyl (C=O) groups is 1. The van der Waals surface area contributed by atoms with Gasteiger partial charge in [0, 0.05) is 5.75 Å². The lowest BCUT2D eigenvalue weighted by Gasteiger charge is -2.06. The number of hydrogen-bond acceptors (Lipinski definition) is 6. The Balaban J connectivity index is 1.24. The van der Waals surface area contributed by atoms with Crippen LogP contribution in [0.1, 0.15) is 11.1 Å². The molecule has 0 fully saturated rings. The summed E-state index contributed by atoms with van der Waals surface area (Å²) in [6.07, 6.45) is 9.56. The first-order chi connectivity index (χ1) is 16.1. The van der Waals surface area contributed by atoms with Crippen molar-refractivity contribution in [1.29, 1.82) is 0 Å². The lowest BCUT2D eigenvalue weighted by Crippen LogP contribution is -2.00. The van der Waals surface area contributed by atoms with Gasteiger partial charge in [-0.2, -0.15) is 0 Å². The number of nitrogens with one attached hydrogen (secondary N) is 1. The van der Waals surface area contributed by atoms with Gasteiger partial charge in [-0.1, -0.05) is 53.6 Å². The van der Waals surface area contributed by atoms with Crippen LogP contribution in [0, 0.1) is 0 Å². The molecule has 0 amide bonds. The lowest BCUT2D eigenvalue weighted by molar-refractivity contribution is -0.110. The summed E-state index contributed by atoms with van der Waals surface area (Å²) >= 11 is 13.5. The highest BCUT2D eigenvalue weighted by Gasteiger charge is 2.06. The highest BCUT2D eigenvalue weighted by Crippen LogP contribution is 2.23. The van der Waals surface area contributed by atoms with Crippen molar-refractivity contribution in [3.63, 3.8) is 0 Å². The van der Waals surface area contributed by atoms with Gasteiger partial charge in [0.2, 0.25) is 0 Å². The SMILES string of the molecule is O=C(/C=C/c1ccc(OCCSc2ncnc3nc[nH]c23)cc1)/C=C/c1ccc(Cl)c(Cl)c1. The second-order valence-corrected chi connectivity index (χ2v) is 8.69. The quantitative estimate of drug-likeness (QED) is 0.130. The molecule has 2 heterocycles. The fraction of sp³-hybridized carbons (Fsp3) is 0.0833. The highest BCUT2D eigenvalue weighted by molar-refractivity contribution is 7.99. The number of ether oxygens (including phenoxy) is 1. The van der Waals surface area contributed by atoms with Gasteiger partial charge >= 0.3 is 0 Å². The van der Waals surface area contributed by atoms with Crippen LogP contribution in [-0.4, -0.2) is 38.1 Å². The number of allylic oxidation sites excluding steroid dienone is 2. The molecule has 0 aliphatic carbocycles. The molecule has 0 aliphatic rings. The summed E-state index contributed by atoms with van der Waals surface area (Å²) in [5.74, 6) is 1.36. The van der Waals surface area contributed by atoms with Gasteiger partial charge in [0.1, 0.15) is 22.6 Å². The third-order valence-corrected chi connectivity index (χ3v) is 6.18. The number of hydrogen-bond donors (Lipinski definition) is 1. The van der Waals surface area contributed by atoms with Crippen LogP contribution < -0.4 is 4.74 Å². The molecule has 4 aromatic rings. The van der Waals surface area contributed by atoms with Gasteiger partial charge in [-0.3, -0.25) is 4.79 Å². The maximum Gasteiger partial charge on any atom is 0.181 e. The van der Waals surface area contributed by atoms with Crippen LogP contribution in [0.4, 0.5) is 0 Å². The van der Waals surface area contributed by atoms with E-state index < -0.39 is 0 Å². The molecule has 4 rings (SSSR count). The molecule has 2 aromatic heterocycles. The zero-order chi connectivity index (χ0) is 23.0. The second-order valence-electron chi connectivity index (χ2n) is 6.79. The van der Waals surface area contributed by atoms with E-state index in [1.54, 1.807) is 48.4 Å². The van der Waals surface area contributed by atoms with Gasteiger partial charge in [0.25, 0.3) is 0 Å². The molecule has 0 aliphatic heterocycles. The minimum absolute atomic E-state index is 0.130. The van der Waals surface area contributed by atoms with Crippen LogP contribution in [0.2, 0.25) is 10.0 Å². The number of rotatable bonds is 9. The van der Waals surface area contributed by atoms with Crippen molar-refractivity contribution in [3.8, 4) is 5.75 Å². The Kier molecular flexibility index (Phi) is 7.78. The first-order valence-electron chi connectivity index (χ1n) is 9.93. The third-order valence-electron chi connectivity index (χ3n) is 4.48. The van der Waals surface area contributed by atoms with E-state index in [2.05, 4.69) is 19.9 Å². The topological polar surface area (TPSA) is 80.8 Å². The van der Waals surface area contributed by atoms with Crippen LogP contribution in [0.3, 0.4) is 0 Å². The van der Waals surface area contributed by atoms with Crippen molar-refractivity contribution in [2.24, 2.45) is 0 Å². The number of nitrogens with zero attached hydrogens (tertiary/aromatic N) is 3. The van der Waals surface area contributed by atoms with Crippen LogP contribution in [0.25, 0.3) is 23.3 Å². The lowest BCUT2D eigenvalue weighted by atomic mass is 10.1. The summed E-state index contributed by atoms with van der Waals surface area (Å²) in [6.45, 7) is 0.525. The molecule has 0 radical (unpaired) electrons. The summed E-state index contributed by atoms with van der Waals surface area (Å²) in [7, 11) is 0. The summed E-state index contributed by atoms with van der Waals surface area (Å²) in [4.78, 5) is 27.7. The molecular weight excluding hydrogens is 479 g/mol. The molecule has 0 bridgehead atoms. The first-order valence-corrected chi connectivity index (χ1v) is 11.7. The van der Waals surface area contributed by atoms with Gasteiger partial charge in [0.05, 0.1) is 23.0 Å². The summed E-state index contributed by atoms with van der Waals surface area (Å²) in [5.41, 5.74) is 3.19. The monoisotopic (exact) mass is 496 g/mol. The number of fused-ring (bicyclic) bond motifs is 1. The average Bonchev–Trinajstić information content (AvgIpc) is 3.32. The maximum absolute atomic E-state index is 12.1. The van der Waals surface area contributed by atoms with Gasteiger partial charge < -0.3 is 9.72 Å². The Bertz CT molecular complexity index is 1320. The summed E-state index contributed by atoms with van der Waals surface area (Å²) < 4.78 is 5.79. The minimum atomic E-state index is -0.130. The van der Waals surface area contributed by atoms with E-state index in [9.17, 15) is 4.79 Å². The Morgan fingerprint density at radius 1 is 0.970 bits per heavy atom. The number of aromatic nitrogens is 4. The smallest absolute Gasteiger partial charge is 0.181 e. The molecule has 0 unspecified atom stereocenters. The van der Waals surface area contributed by atoms with E-state index in [0.717, 1.165) is 33.2 Å². The number of halogens is 2. The standard InChI is InChI=1S/C24H18Cl2N4O2S/c25-20-10-5-17(13-21(20)26)2-7-18(31)6-1-16-3-8-19(9-4-16)32-11-12-33-24-22-23(28-14-27-22)29-15-30-24/h1-10,13-15H,11-12H2,(H,27,28,29,30)/b6-1+,7-2+. The summed E-state index contributed by atoms with van der Waals surface area (Å²) in [5, 5.41) is 1.78. The highest BCUT2D eigenvalue weighted by atomic mass is 35.5. The number of H-pyrrole nitrogens is 1. The molecule has 0 saturated heterocycles. The Morgan fingerprint density at radius 2 is 1.73 bits per heavy atom. The Morgan fingerprint density at radius 3 is 2.52 bits per heavy atom. The molecule has 0 spiro atoms. The van der Waals surface area contributed by atoms with Crippen molar-refractivity contribution in [2.45, 2.75) is 5.03 Å². The van der Waals surface area contributed by atoms with E-state index >= 15 is 0 Å². The number of benzene rings is 2. The van der Waals surface area contributed by atoms with E-state index in [1.807, 2.05) is 24.3 Å². The number of ketones is 1. The zero-order valence-corrected chi connectivity index (χ0v) is 19.6. The molecule has 0 atom stereocenters. The Hall–Kier alpha value is -3.13. The molecule has 33 heavy (non-hydrogen) atoms. The van der Waals surface area contributed by atoms with Crippen LogP contribution >= 0.6 is 35.0 Å². The molecular formula is C24H18Cl2N4O2S. The molecule has 166 valence electrons. The number of carbonyl (C=O) groups excluding carboxylic acids is 1. The van der Waals surface area contributed by atoms with Gasteiger partial charge in [-0.05, 0) is 47.5 Å². The molecule has 0 saturated carbocycles. The van der Waals surface area contributed by atoms with Crippen LogP contribution in [0.15, 0.2) is 72.3 Å². The van der Waals surface area contributed by atoms with Crippen molar-refractivity contribution in [2.75, 3.05) is 12.4 Å². The van der Waals surface area contributed by atoms with Crippen LogP contribution in [0.5, 0.6) is 5.75 Å². The van der Waals surface area contributed by atoms with Crippen LogP contribution in [-0.2, 0) is 4.79 Å². The van der Waals surface area contributed by atoms with Gasteiger partial charge in [-0.25, -0.2) is 15.0 Å². The number of thioether (sulfide) groups is 1. The van der Waals surface area contributed by atoms with E-state index in [4.69, 9.17) is 27.9 Å². The zero-order valence-electron chi connectivity index (χ0n) is 17.2. The molecule has 9 heteroatoms. The van der Waals surface area contributed by atoms with Crippen molar-refractivity contribution < 1.29 is 9.53 Å². The first kappa shape index (κ1) is 23.0. The average molecular weight is 497 g/mol. The van der Waals surface area contributed by atoms with Crippen molar-refractivity contribution in [3.05, 3.63) is 88.4 Å². The molecule has 1 N–H and O–H groups in total. The Labute approximate surface area is 204 Å². The van der Waals surface area contributed by atoms with Gasteiger partial charge in [-0.15, -0.1) is 11.8 Å². The molecule has 6 nitrogen and oxygen atoms in total. The fourth-order valence-corrected chi connectivity index (χ4v) is 3.94. The summed E-state index contributed by atoms with van der Waals surface area (Å²) in [6, 6.07) is 12.7. The second kappa shape index (κ2) is 11.1. The van der Waals surface area contributed by atoms with E-state index in [0.29, 0.717) is 22.3 Å². The predicted molar refractivity (Wildman–Crippen MR) is 134 cm³/mol. The number of imidazole rings is 1. The fourth-order valence-electron chi connectivity index (χ4n) is 2.85. The van der Waals surface area contributed by atoms with Gasteiger partial charge in [0.15, 0.2) is 11.4 Å². The third kappa shape index (κ3) is 6.44. The largest absolute Gasteiger partial charge is 0.493 e.